The van der Waals surface area contributed by atoms with Crippen molar-refractivity contribution in [2.75, 3.05) is 11.9 Å². The lowest BCUT2D eigenvalue weighted by atomic mass is 10.2. The second kappa shape index (κ2) is 9.24. The Bertz CT molecular complexity index is 1250. The number of hydrogen-bond donors (Lipinski definition) is 1. The van der Waals surface area contributed by atoms with Crippen LogP contribution in [0.5, 0.6) is 0 Å². The molecule has 4 rings (SSSR count). The Morgan fingerprint density at radius 3 is 2.59 bits per heavy atom. The fraction of sp³-hybridized carbons (Fsp3) is 0.0870. The Labute approximate surface area is 198 Å². The topological polar surface area (TPSA) is 79.6 Å². The Hall–Kier alpha value is -3.00. The van der Waals surface area contributed by atoms with Gasteiger partial charge in [-0.2, -0.15) is 0 Å². The first-order chi connectivity index (χ1) is 15.3. The first-order valence-corrected chi connectivity index (χ1v) is 11.0. The number of carbonyl (C=O) groups is 3. The largest absolute Gasteiger partial charge is 0.457 e. The summed E-state index contributed by atoms with van der Waals surface area (Å²) in [5, 5.41) is 2.91. The number of anilines is 1. The molecule has 0 unspecified atom stereocenters. The first kappa shape index (κ1) is 22.2. The highest BCUT2D eigenvalue weighted by Gasteiger charge is 2.36. The minimum atomic E-state index is -0.558. The molecule has 1 N–H and O–H groups in total. The molecular weight excluding hydrogens is 471 g/mol. The summed E-state index contributed by atoms with van der Waals surface area (Å²) in [6, 6.07) is 15.7. The predicted octanol–water partition coefficient (Wildman–Crippen LogP) is 6.24. The van der Waals surface area contributed by atoms with Gasteiger partial charge in [-0.15, -0.1) is 0 Å². The Morgan fingerprint density at radius 2 is 1.84 bits per heavy atom. The van der Waals surface area contributed by atoms with Gasteiger partial charge in [0, 0.05) is 17.3 Å². The van der Waals surface area contributed by atoms with Gasteiger partial charge in [0.05, 0.1) is 15.0 Å². The van der Waals surface area contributed by atoms with Crippen molar-refractivity contribution in [3.05, 3.63) is 80.9 Å². The number of furan rings is 1. The van der Waals surface area contributed by atoms with E-state index in [4.69, 9.17) is 27.6 Å². The van der Waals surface area contributed by atoms with Crippen molar-refractivity contribution in [3.63, 3.8) is 0 Å². The molecule has 1 aromatic heterocycles. The third-order valence-electron chi connectivity index (χ3n) is 4.63. The number of carbonyl (C=O) groups excluding carboxylic acids is 3. The van der Waals surface area contributed by atoms with Crippen molar-refractivity contribution >= 4 is 63.8 Å². The van der Waals surface area contributed by atoms with E-state index in [0.29, 0.717) is 32.8 Å². The summed E-state index contributed by atoms with van der Waals surface area (Å²) in [6.07, 6.45) is 1.46. The number of rotatable bonds is 5. The van der Waals surface area contributed by atoms with Crippen LogP contribution < -0.4 is 5.32 Å². The molecule has 0 aliphatic carbocycles. The van der Waals surface area contributed by atoms with Crippen LogP contribution in [0.25, 0.3) is 17.4 Å². The fourth-order valence-corrected chi connectivity index (χ4v) is 4.23. The Balaban J connectivity index is 1.47. The van der Waals surface area contributed by atoms with Gasteiger partial charge in [0.1, 0.15) is 18.1 Å². The van der Waals surface area contributed by atoms with Crippen molar-refractivity contribution in [1.29, 1.82) is 0 Å². The Morgan fingerprint density at radius 1 is 1.09 bits per heavy atom. The average molecular weight is 487 g/mol. The number of thioether (sulfide) groups is 1. The van der Waals surface area contributed by atoms with Crippen LogP contribution in [0.3, 0.4) is 0 Å². The van der Waals surface area contributed by atoms with Crippen LogP contribution in [0.15, 0.2) is 63.9 Å². The number of amides is 3. The quantitative estimate of drug-likeness (QED) is 0.431. The van der Waals surface area contributed by atoms with Gasteiger partial charge in [0.15, 0.2) is 0 Å². The van der Waals surface area contributed by atoms with Crippen molar-refractivity contribution in [2.24, 2.45) is 0 Å². The molecule has 9 heteroatoms. The maximum atomic E-state index is 12.7. The van der Waals surface area contributed by atoms with E-state index in [9.17, 15) is 14.4 Å². The first-order valence-electron chi connectivity index (χ1n) is 9.48. The maximum Gasteiger partial charge on any atom is 0.294 e. The smallest absolute Gasteiger partial charge is 0.294 e. The molecule has 0 bridgehead atoms. The number of halogens is 2. The highest BCUT2D eigenvalue weighted by atomic mass is 35.5. The minimum Gasteiger partial charge on any atom is -0.457 e. The van der Waals surface area contributed by atoms with Gasteiger partial charge in [-0.05, 0) is 55.1 Å². The third-order valence-corrected chi connectivity index (χ3v) is 6.35. The van der Waals surface area contributed by atoms with Gasteiger partial charge >= 0.3 is 0 Å². The van der Waals surface area contributed by atoms with E-state index in [2.05, 4.69) is 5.32 Å². The zero-order chi connectivity index (χ0) is 22.8. The SMILES string of the molecule is Cc1ccc(NC(=O)CN2C(=O)S/C(=C/c3ccc(-c4cccc(Cl)c4Cl)o3)C2=O)cc1. The number of benzene rings is 2. The third kappa shape index (κ3) is 4.75. The zero-order valence-corrected chi connectivity index (χ0v) is 19.1. The molecule has 0 saturated carbocycles. The van der Waals surface area contributed by atoms with Gasteiger partial charge < -0.3 is 9.73 Å². The standard InChI is InChI=1S/C23H16Cl2N2O4S/c1-13-5-7-14(8-6-13)26-20(28)12-27-22(29)19(32-23(27)30)11-15-9-10-18(31-15)16-3-2-4-17(24)21(16)25/h2-11H,12H2,1H3,(H,26,28)/b19-11+. The molecule has 0 spiro atoms. The van der Waals surface area contributed by atoms with Crippen LogP contribution in [0.2, 0.25) is 10.0 Å². The van der Waals surface area contributed by atoms with Gasteiger partial charge in [-0.25, -0.2) is 0 Å². The van der Waals surface area contributed by atoms with Gasteiger partial charge in [0.25, 0.3) is 11.1 Å². The van der Waals surface area contributed by atoms with E-state index < -0.39 is 17.1 Å². The van der Waals surface area contributed by atoms with Gasteiger partial charge in [-0.3, -0.25) is 19.3 Å². The lowest BCUT2D eigenvalue weighted by Gasteiger charge is -2.12. The van der Waals surface area contributed by atoms with E-state index in [1.165, 1.54) is 6.08 Å². The molecule has 2 aromatic carbocycles. The van der Waals surface area contributed by atoms with Crippen LogP contribution in [-0.4, -0.2) is 28.5 Å². The minimum absolute atomic E-state index is 0.163. The fourth-order valence-electron chi connectivity index (χ4n) is 3.02. The number of imide groups is 1. The molecule has 3 amide bonds. The van der Waals surface area contributed by atoms with Crippen molar-refractivity contribution in [3.8, 4) is 11.3 Å². The Kier molecular flexibility index (Phi) is 6.41. The molecule has 0 radical (unpaired) electrons. The van der Waals surface area contributed by atoms with E-state index in [-0.39, 0.29) is 11.4 Å². The lowest BCUT2D eigenvalue weighted by molar-refractivity contribution is -0.127. The summed E-state index contributed by atoms with van der Waals surface area (Å²) >= 11 is 13.0. The second-order valence-corrected chi connectivity index (χ2v) is 8.76. The molecule has 32 heavy (non-hydrogen) atoms. The van der Waals surface area contributed by atoms with E-state index in [1.54, 1.807) is 42.5 Å². The molecule has 6 nitrogen and oxygen atoms in total. The summed E-state index contributed by atoms with van der Waals surface area (Å²) in [4.78, 5) is 38.4. The summed E-state index contributed by atoms with van der Waals surface area (Å²) in [5.74, 6) is -0.183. The highest BCUT2D eigenvalue weighted by molar-refractivity contribution is 8.18. The lowest BCUT2D eigenvalue weighted by Crippen LogP contribution is -2.36. The predicted molar refractivity (Wildman–Crippen MR) is 127 cm³/mol. The van der Waals surface area contributed by atoms with Crippen molar-refractivity contribution in [2.45, 2.75) is 6.92 Å². The van der Waals surface area contributed by atoms with Crippen molar-refractivity contribution in [1.82, 2.24) is 4.90 Å². The summed E-state index contributed by atoms with van der Waals surface area (Å²) in [6.45, 7) is 1.56. The van der Waals surface area contributed by atoms with Gasteiger partial charge in [0.2, 0.25) is 5.91 Å². The number of hydrogen-bond acceptors (Lipinski definition) is 5. The molecule has 162 valence electrons. The maximum absolute atomic E-state index is 12.7. The molecule has 3 aromatic rings. The zero-order valence-electron chi connectivity index (χ0n) is 16.7. The molecule has 2 heterocycles. The van der Waals surface area contributed by atoms with Crippen LogP contribution in [0.4, 0.5) is 10.5 Å². The van der Waals surface area contributed by atoms with E-state index in [1.807, 2.05) is 19.1 Å². The monoisotopic (exact) mass is 486 g/mol. The van der Waals surface area contributed by atoms with Crippen LogP contribution in [0.1, 0.15) is 11.3 Å². The van der Waals surface area contributed by atoms with Crippen LogP contribution >= 0.6 is 35.0 Å². The average Bonchev–Trinajstić information content (AvgIpc) is 3.32. The molecule has 1 aliphatic rings. The van der Waals surface area contributed by atoms with Crippen LogP contribution in [-0.2, 0) is 9.59 Å². The van der Waals surface area contributed by atoms with Gasteiger partial charge in [-0.1, -0.05) is 47.0 Å². The molecular formula is C23H16Cl2N2O4S. The summed E-state index contributed by atoms with van der Waals surface area (Å²) in [5.41, 5.74) is 2.25. The normalized spacial score (nSPS) is 15.0. The summed E-state index contributed by atoms with van der Waals surface area (Å²) < 4.78 is 5.76. The molecule has 1 saturated heterocycles. The van der Waals surface area contributed by atoms with Crippen molar-refractivity contribution < 1.29 is 18.8 Å². The molecule has 0 atom stereocenters. The summed E-state index contributed by atoms with van der Waals surface area (Å²) in [7, 11) is 0. The number of aryl methyl sites for hydroxylation is 1. The second-order valence-electron chi connectivity index (χ2n) is 6.99. The molecule has 1 fully saturated rings. The van der Waals surface area contributed by atoms with E-state index in [0.717, 1.165) is 22.2 Å². The number of nitrogens with one attached hydrogen (secondary N) is 1. The number of nitrogens with zero attached hydrogens (tertiary/aromatic N) is 1. The molecule has 1 aliphatic heterocycles. The highest BCUT2D eigenvalue weighted by Crippen LogP contribution is 2.36. The van der Waals surface area contributed by atoms with Crippen LogP contribution in [0, 0.1) is 6.92 Å². The van der Waals surface area contributed by atoms with E-state index >= 15 is 0 Å².